The van der Waals surface area contributed by atoms with Crippen molar-refractivity contribution in [2.75, 3.05) is 33.9 Å². The molecule has 0 fully saturated rings. The zero-order chi connectivity index (χ0) is 13.0. The van der Waals surface area contributed by atoms with E-state index in [9.17, 15) is 4.79 Å². The summed E-state index contributed by atoms with van der Waals surface area (Å²) in [6, 6.07) is 5.42. The van der Waals surface area contributed by atoms with Gasteiger partial charge in [0.1, 0.15) is 0 Å². The molecule has 0 unspecified atom stereocenters. The number of ether oxygens (including phenoxy) is 2. The molecule has 1 heterocycles. The minimum Gasteiger partial charge on any atom is -0.490 e. The van der Waals surface area contributed by atoms with Crippen molar-refractivity contribution >= 4 is 5.78 Å². The van der Waals surface area contributed by atoms with E-state index in [1.165, 1.54) is 0 Å². The number of carbonyl (C=O) groups is 1. The Labute approximate surface area is 107 Å². The van der Waals surface area contributed by atoms with Crippen LogP contribution < -0.4 is 9.47 Å². The Morgan fingerprint density at radius 1 is 1.22 bits per heavy atom. The van der Waals surface area contributed by atoms with Gasteiger partial charge in [-0.15, -0.1) is 0 Å². The van der Waals surface area contributed by atoms with Gasteiger partial charge in [0.25, 0.3) is 0 Å². The van der Waals surface area contributed by atoms with Gasteiger partial charge in [0.2, 0.25) is 0 Å². The van der Waals surface area contributed by atoms with Crippen LogP contribution in [0.5, 0.6) is 11.5 Å². The monoisotopic (exact) mass is 249 g/mol. The van der Waals surface area contributed by atoms with Crippen molar-refractivity contribution in [1.82, 2.24) is 4.90 Å². The van der Waals surface area contributed by atoms with E-state index in [1.54, 1.807) is 6.07 Å². The number of hydrogen-bond acceptors (Lipinski definition) is 4. The van der Waals surface area contributed by atoms with Gasteiger partial charge < -0.3 is 14.4 Å². The molecule has 0 aromatic heterocycles. The summed E-state index contributed by atoms with van der Waals surface area (Å²) < 4.78 is 11.1. The molecule has 4 nitrogen and oxygen atoms in total. The van der Waals surface area contributed by atoms with Crippen LogP contribution in [0.3, 0.4) is 0 Å². The molecular weight excluding hydrogens is 230 g/mol. The van der Waals surface area contributed by atoms with E-state index < -0.39 is 0 Å². The zero-order valence-electron chi connectivity index (χ0n) is 10.9. The van der Waals surface area contributed by atoms with Gasteiger partial charge in [-0.3, -0.25) is 4.79 Å². The Hall–Kier alpha value is -1.55. The number of ketones is 1. The Morgan fingerprint density at radius 2 is 1.94 bits per heavy atom. The normalized spacial score (nSPS) is 14.4. The second kappa shape index (κ2) is 5.87. The van der Waals surface area contributed by atoms with Crippen molar-refractivity contribution in [3.8, 4) is 11.5 Å². The van der Waals surface area contributed by atoms with Crippen LogP contribution in [0.25, 0.3) is 0 Å². The third kappa shape index (κ3) is 3.23. The van der Waals surface area contributed by atoms with Crippen LogP contribution in [0.4, 0.5) is 0 Å². The van der Waals surface area contributed by atoms with Gasteiger partial charge in [0.15, 0.2) is 17.3 Å². The Balaban J connectivity index is 2.10. The summed E-state index contributed by atoms with van der Waals surface area (Å²) in [4.78, 5) is 14.0. The second-order valence-electron chi connectivity index (χ2n) is 4.69. The van der Waals surface area contributed by atoms with E-state index in [0.29, 0.717) is 30.9 Å². The molecule has 1 aromatic rings. The van der Waals surface area contributed by atoms with Crippen LogP contribution in [-0.2, 0) is 0 Å². The van der Waals surface area contributed by atoms with Crippen LogP contribution >= 0.6 is 0 Å². The molecule has 2 rings (SSSR count). The number of fused-ring (bicyclic) bond motifs is 1. The number of benzene rings is 1. The fraction of sp³-hybridized carbons (Fsp3) is 0.500. The van der Waals surface area contributed by atoms with E-state index in [-0.39, 0.29) is 5.78 Å². The Morgan fingerprint density at radius 3 is 2.67 bits per heavy atom. The van der Waals surface area contributed by atoms with E-state index >= 15 is 0 Å². The molecular formula is C14H19NO3. The summed E-state index contributed by atoms with van der Waals surface area (Å²) in [5.41, 5.74) is 0.695. The minimum absolute atomic E-state index is 0.138. The van der Waals surface area contributed by atoms with E-state index in [1.807, 2.05) is 31.1 Å². The summed E-state index contributed by atoms with van der Waals surface area (Å²) in [6.07, 6.45) is 1.39. The van der Waals surface area contributed by atoms with Crippen LogP contribution in [0.15, 0.2) is 18.2 Å². The first-order chi connectivity index (χ1) is 8.66. The van der Waals surface area contributed by atoms with Crippen molar-refractivity contribution in [1.29, 1.82) is 0 Å². The van der Waals surface area contributed by atoms with E-state index in [0.717, 1.165) is 18.7 Å². The quantitative estimate of drug-likeness (QED) is 0.765. The first-order valence-electron chi connectivity index (χ1n) is 6.24. The maximum Gasteiger partial charge on any atom is 0.164 e. The number of hydrogen-bond donors (Lipinski definition) is 0. The Kier molecular flexibility index (Phi) is 4.20. The molecule has 18 heavy (non-hydrogen) atoms. The van der Waals surface area contributed by atoms with Crippen LogP contribution in [0.2, 0.25) is 0 Å². The summed E-state index contributed by atoms with van der Waals surface area (Å²) in [6.45, 7) is 2.07. The second-order valence-corrected chi connectivity index (χ2v) is 4.69. The standard InChI is InChI=1S/C14H19NO3/c1-15(2)7-6-12(16)11-4-5-13-14(10-11)18-9-3-8-17-13/h4-5,10H,3,6-9H2,1-2H3. The highest BCUT2D eigenvalue weighted by molar-refractivity contribution is 5.96. The SMILES string of the molecule is CN(C)CCC(=O)c1ccc2c(c1)OCCCO2. The third-order valence-electron chi connectivity index (χ3n) is 2.86. The predicted octanol–water partition coefficient (Wildman–Crippen LogP) is 1.98. The fourth-order valence-electron chi connectivity index (χ4n) is 1.81. The lowest BCUT2D eigenvalue weighted by Crippen LogP contribution is -2.16. The first-order valence-corrected chi connectivity index (χ1v) is 6.24. The summed E-state index contributed by atoms with van der Waals surface area (Å²) >= 11 is 0. The van der Waals surface area contributed by atoms with Crippen molar-refractivity contribution in [3.63, 3.8) is 0 Å². The molecule has 0 aliphatic carbocycles. The molecule has 0 spiro atoms. The minimum atomic E-state index is 0.138. The van der Waals surface area contributed by atoms with Gasteiger partial charge in [0, 0.05) is 24.9 Å². The van der Waals surface area contributed by atoms with Crippen molar-refractivity contribution in [2.45, 2.75) is 12.8 Å². The van der Waals surface area contributed by atoms with Crippen molar-refractivity contribution < 1.29 is 14.3 Å². The lowest BCUT2D eigenvalue weighted by Gasteiger charge is -2.10. The van der Waals surface area contributed by atoms with Crippen LogP contribution in [0.1, 0.15) is 23.2 Å². The third-order valence-corrected chi connectivity index (χ3v) is 2.86. The van der Waals surface area contributed by atoms with Crippen molar-refractivity contribution in [2.24, 2.45) is 0 Å². The molecule has 4 heteroatoms. The highest BCUT2D eigenvalue weighted by atomic mass is 16.5. The van der Waals surface area contributed by atoms with E-state index in [2.05, 4.69) is 0 Å². The fourth-order valence-corrected chi connectivity index (χ4v) is 1.81. The average molecular weight is 249 g/mol. The number of rotatable bonds is 4. The summed E-state index contributed by atoms with van der Waals surface area (Å²) in [7, 11) is 3.92. The molecule has 0 N–H and O–H groups in total. The summed E-state index contributed by atoms with van der Waals surface area (Å²) in [5, 5.41) is 0. The first kappa shape index (κ1) is 12.9. The van der Waals surface area contributed by atoms with Gasteiger partial charge in [-0.25, -0.2) is 0 Å². The molecule has 0 amide bonds. The average Bonchev–Trinajstić information content (AvgIpc) is 2.60. The maximum absolute atomic E-state index is 12.0. The molecule has 0 atom stereocenters. The van der Waals surface area contributed by atoms with Gasteiger partial charge in [-0.2, -0.15) is 0 Å². The van der Waals surface area contributed by atoms with E-state index in [4.69, 9.17) is 9.47 Å². The Bertz CT molecular complexity index is 429. The lowest BCUT2D eigenvalue weighted by atomic mass is 10.1. The molecule has 98 valence electrons. The largest absolute Gasteiger partial charge is 0.490 e. The number of nitrogens with zero attached hydrogens (tertiary/aromatic N) is 1. The molecule has 0 radical (unpaired) electrons. The van der Waals surface area contributed by atoms with Gasteiger partial charge in [0.05, 0.1) is 13.2 Å². The van der Waals surface area contributed by atoms with Crippen LogP contribution in [-0.4, -0.2) is 44.5 Å². The molecule has 1 aliphatic heterocycles. The molecule has 0 bridgehead atoms. The molecule has 1 aromatic carbocycles. The molecule has 0 saturated carbocycles. The molecule has 1 aliphatic rings. The topological polar surface area (TPSA) is 38.8 Å². The van der Waals surface area contributed by atoms with Gasteiger partial charge in [-0.1, -0.05) is 0 Å². The smallest absolute Gasteiger partial charge is 0.164 e. The van der Waals surface area contributed by atoms with Gasteiger partial charge in [-0.05, 0) is 32.3 Å². The van der Waals surface area contributed by atoms with Gasteiger partial charge >= 0.3 is 0 Å². The predicted molar refractivity (Wildman–Crippen MR) is 69.6 cm³/mol. The highest BCUT2D eigenvalue weighted by Gasteiger charge is 2.14. The van der Waals surface area contributed by atoms with Crippen molar-refractivity contribution in [3.05, 3.63) is 23.8 Å². The highest BCUT2D eigenvalue weighted by Crippen LogP contribution is 2.30. The summed E-state index contributed by atoms with van der Waals surface area (Å²) in [5.74, 6) is 1.55. The number of carbonyl (C=O) groups excluding carboxylic acids is 1. The van der Waals surface area contributed by atoms with Crippen LogP contribution in [0, 0.1) is 0 Å². The maximum atomic E-state index is 12.0. The number of Topliss-reactive ketones (excluding diaryl/α,β-unsaturated/α-hetero) is 1. The lowest BCUT2D eigenvalue weighted by molar-refractivity contribution is 0.0972. The molecule has 0 saturated heterocycles. The zero-order valence-corrected chi connectivity index (χ0v) is 10.9.